The number of halogens is 1. The largest absolute Gasteiger partial charge is 0.464 e. The highest BCUT2D eigenvalue weighted by atomic mass is 19.1. The molecular weight excluding hydrogens is 359 g/mol. The van der Waals surface area contributed by atoms with Gasteiger partial charge in [0.15, 0.2) is 0 Å². The van der Waals surface area contributed by atoms with Gasteiger partial charge in [0.05, 0.1) is 6.54 Å². The molecule has 6 heteroatoms. The Balaban J connectivity index is 1.49. The molecule has 2 aromatic rings. The standard InChI is InChI=1S/C22H25FN2O3/c1-15-2-11-20(28-15)13-24(12-16-3-7-18(23)8-4-16)21(26)14-25(19-9-10-19)22(27)17-5-6-17/h2-4,7-8,11,17,19H,5-6,9-10,12-14H2,1H3. The van der Waals surface area contributed by atoms with Crippen molar-refractivity contribution < 1.29 is 18.4 Å². The fourth-order valence-electron chi connectivity index (χ4n) is 3.38. The summed E-state index contributed by atoms with van der Waals surface area (Å²) in [5.41, 5.74) is 0.838. The Labute approximate surface area is 164 Å². The quantitative estimate of drug-likeness (QED) is 0.698. The number of benzene rings is 1. The van der Waals surface area contributed by atoms with Crippen LogP contribution in [0.4, 0.5) is 4.39 Å². The van der Waals surface area contributed by atoms with E-state index in [2.05, 4.69) is 0 Å². The van der Waals surface area contributed by atoms with Gasteiger partial charge in [-0.2, -0.15) is 0 Å². The van der Waals surface area contributed by atoms with Crippen molar-refractivity contribution in [1.82, 2.24) is 9.80 Å². The van der Waals surface area contributed by atoms with Crippen LogP contribution in [0.1, 0.15) is 42.8 Å². The maximum absolute atomic E-state index is 13.2. The molecule has 1 aromatic heterocycles. The number of amides is 2. The van der Waals surface area contributed by atoms with Gasteiger partial charge in [0.1, 0.15) is 23.9 Å². The van der Waals surface area contributed by atoms with Crippen molar-refractivity contribution >= 4 is 11.8 Å². The van der Waals surface area contributed by atoms with Gasteiger partial charge in [0.2, 0.25) is 11.8 Å². The maximum Gasteiger partial charge on any atom is 0.242 e. The van der Waals surface area contributed by atoms with Crippen LogP contribution in [0.25, 0.3) is 0 Å². The van der Waals surface area contributed by atoms with Crippen molar-refractivity contribution in [2.75, 3.05) is 6.54 Å². The summed E-state index contributed by atoms with van der Waals surface area (Å²) < 4.78 is 18.9. The van der Waals surface area contributed by atoms with Crippen LogP contribution in [-0.4, -0.2) is 34.2 Å². The molecule has 2 aliphatic carbocycles. The first kappa shape index (κ1) is 18.7. The number of hydrogen-bond acceptors (Lipinski definition) is 3. The Kier molecular flexibility index (Phi) is 5.20. The van der Waals surface area contributed by atoms with Crippen LogP contribution in [0.2, 0.25) is 0 Å². The Bertz CT molecular complexity index is 853. The van der Waals surface area contributed by atoms with Crippen LogP contribution in [0.3, 0.4) is 0 Å². The van der Waals surface area contributed by atoms with Gasteiger partial charge in [0, 0.05) is 18.5 Å². The number of nitrogens with zero attached hydrogens (tertiary/aromatic N) is 2. The summed E-state index contributed by atoms with van der Waals surface area (Å²) in [6.07, 6.45) is 3.81. The highest BCUT2D eigenvalue weighted by Crippen LogP contribution is 2.36. The van der Waals surface area contributed by atoms with Gasteiger partial charge in [-0.25, -0.2) is 4.39 Å². The SMILES string of the molecule is Cc1ccc(CN(Cc2ccc(F)cc2)C(=O)CN(C(=O)C2CC2)C2CC2)o1. The fraction of sp³-hybridized carbons (Fsp3) is 0.455. The Morgan fingerprint density at radius 2 is 1.75 bits per heavy atom. The minimum Gasteiger partial charge on any atom is -0.464 e. The van der Waals surface area contributed by atoms with Crippen LogP contribution < -0.4 is 0 Å². The number of rotatable bonds is 8. The molecule has 1 heterocycles. The Hall–Kier alpha value is -2.63. The molecule has 0 unspecified atom stereocenters. The molecule has 2 aliphatic rings. The van der Waals surface area contributed by atoms with Crippen molar-refractivity contribution in [3.8, 4) is 0 Å². The van der Waals surface area contributed by atoms with E-state index in [1.807, 2.05) is 19.1 Å². The first-order valence-electron chi connectivity index (χ1n) is 9.87. The van der Waals surface area contributed by atoms with E-state index in [0.29, 0.717) is 18.8 Å². The summed E-state index contributed by atoms with van der Waals surface area (Å²) in [6.45, 7) is 2.62. The van der Waals surface area contributed by atoms with E-state index in [9.17, 15) is 14.0 Å². The van der Waals surface area contributed by atoms with Gasteiger partial charge < -0.3 is 14.2 Å². The third-order valence-electron chi connectivity index (χ3n) is 5.29. The molecule has 28 heavy (non-hydrogen) atoms. The molecule has 2 amide bonds. The Morgan fingerprint density at radius 3 is 2.32 bits per heavy atom. The van der Waals surface area contributed by atoms with Crippen LogP contribution >= 0.6 is 0 Å². The second-order valence-corrected chi connectivity index (χ2v) is 7.86. The van der Waals surface area contributed by atoms with Crippen LogP contribution in [0.5, 0.6) is 0 Å². The van der Waals surface area contributed by atoms with E-state index in [1.54, 1.807) is 21.9 Å². The van der Waals surface area contributed by atoms with Crippen LogP contribution in [-0.2, 0) is 22.7 Å². The lowest BCUT2D eigenvalue weighted by molar-refractivity contribution is -0.142. The van der Waals surface area contributed by atoms with E-state index in [0.717, 1.165) is 37.0 Å². The number of carbonyl (C=O) groups is 2. The number of aryl methyl sites for hydroxylation is 1. The minimum atomic E-state index is -0.307. The summed E-state index contributed by atoms with van der Waals surface area (Å²) in [5, 5.41) is 0. The predicted octanol–water partition coefficient (Wildman–Crippen LogP) is 3.66. The van der Waals surface area contributed by atoms with Gasteiger partial charge >= 0.3 is 0 Å². The van der Waals surface area contributed by atoms with Crippen molar-refractivity contribution in [2.24, 2.45) is 5.92 Å². The van der Waals surface area contributed by atoms with Crippen LogP contribution in [0, 0.1) is 18.7 Å². The second-order valence-electron chi connectivity index (χ2n) is 7.86. The summed E-state index contributed by atoms with van der Waals surface area (Å²) in [7, 11) is 0. The van der Waals surface area contributed by atoms with Crippen molar-refractivity contribution in [3.05, 3.63) is 59.3 Å². The minimum absolute atomic E-state index is 0.0981. The third-order valence-corrected chi connectivity index (χ3v) is 5.29. The van der Waals surface area contributed by atoms with E-state index in [4.69, 9.17) is 4.42 Å². The average Bonchev–Trinajstić information content (AvgIpc) is 3.59. The Morgan fingerprint density at radius 1 is 1.04 bits per heavy atom. The molecule has 0 aliphatic heterocycles. The van der Waals surface area contributed by atoms with Gasteiger partial charge in [0.25, 0.3) is 0 Å². The highest BCUT2D eigenvalue weighted by molar-refractivity contribution is 5.87. The molecule has 5 nitrogen and oxygen atoms in total. The first-order valence-corrected chi connectivity index (χ1v) is 9.87. The van der Waals surface area contributed by atoms with Gasteiger partial charge in [-0.15, -0.1) is 0 Å². The van der Waals surface area contributed by atoms with Gasteiger partial charge in [-0.05, 0) is 62.4 Å². The molecule has 0 radical (unpaired) electrons. The molecule has 0 N–H and O–H groups in total. The van der Waals surface area contributed by atoms with Crippen LogP contribution in [0.15, 0.2) is 40.8 Å². The monoisotopic (exact) mass is 384 g/mol. The number of carbonyl (C=O) groups excluding carboxylic acids is 2. The number of furan rings is 1. The van der Waals surface area contributed by atoms with Crippen molar-refractivity contribution in [1.29, 1.82) is 0 Å². The maximum atomic E-state index is 13.2. The zero-order valence-electron chi connectivity index (χ0n) is 16.1. The lowest BCUT2D eigenvalue weighted by Gasteiger charge is -2.27. The summed E-state index contributed by atoms with van der Waals surface area (Å²) in [5.74, 6) is 1.28. The zero-order valence-corrected chi connectivity index (χ0v) is 16.1. The molecule has 4 rings (SSSR count). The predicted molar refractivity (Wildman–Crippen MR) is 102 cm³/mol. The van der Waals surface area contributed by atoms with E-state index < -0.39 is 0 Å². The summed E-state index contributed by atoms with van der Waals surface area (Å²) in [4.78, 5) is 29.2. The molecule has 0 atom stereocenters. The lowest BCUT2D eigenvalue weighted by atomic mass is 10.2. The fourth-order valence-corrected chi connectivity index (χ4v) is 3.38. The van der Waals surface area contributed by atoms with Gasteiger partial charge in [-0.3, -0.25) is 9.59 Å². The van der Waals surface area contributed by atoms with Crippen molar-refractivity contribution in [2.45, 2.75) is 51.7 Å². The van der Waals surface area contributed by atoms with E-state index in [1.165, 1.54) is 12.1 Å². The molecule has 2 fully saturated rings. The molecule has 0 bridgehead atoms. The molecule has 2 saturated carbocycles. The highest BCUT2D eigenvalue weighted by Gasteiger charge is 2.41. The lowest BCUT2D eigenvalue weighted by Crippen LogP contribution is -2.44. The normalized spacial score (nSPS) is 16.1. The van der Waals surface area contributed by atoms with Crippen molar-refractivity contribution in [3.63, 3.8) is 0 Å². The van der Waals surface area contributed by atoms with E-state index >= 15 is 0 Å². The first-order chi connectivity index (χ1) is 13.5. The topological polar surface area (TPSA) is 53.8 Å². The average molecular weight is 384 g/mol. The molecule has 0 spiro atoms. The summed E-state index contributed by atoms with van der Waals surface area (Å²) in [6, 6.07) is 10.1. The zero-order chi connectivity index (χ0) is 19.7. The molecule has 148 valence electrons. The van der Waals surface area contributed by atoms with E-state index in [-0.39, 0.29) is 36.1 Å². The number of hydrogen-bond donors (Lipinski definition) is 0. The molecular formula is C22H25FN2O3. The third kappa shape index (κ3) is 4.61. The summed E-state index contributed by atoms with van der Waals surface area (Å²) >= 11 is 0. The molecule has 1 aromatic carbocycles. The smallest absolute Gasteiger partial charge is 0.242 e. The second kappa shape index (κ2) is 7.78. The van der Waals surface area contributed by atoms with Gasteiger partial charge in [-0.1, -0.05) is 12.1 Å². The molecule has 0 saturated heterocycles.